The summed E-state index contributed by atoms with van der Waals surface area (Å²) >= 11 is 0. The molecular formula is C37H49NO3. The van der Waals surface area contributed by atoms with E-state index in [9.17, 15) is 5.11 Å². The van der Waals surface area contributed by atoms with Gasteiger partial charge in [0.1, 0.15) is 13.2 Å². The molecule has 2 heterocycles. The quantitative estimate of drug-likeness (QED) is 0.332. The van der Waals surface area contributed by atoms with E-state index < -0.39 is 5.60 Å². The van der Waals surface area contributed by atoms with Gasteiger partial charge in [0.05, 0.1) is 5.60 Å². The predicted octanol–water partition coefficient (Wildman–Crippen LogP) is 8.27. The Morgan fingerprint density at radius 1 is 0.780 bits per heavy atom. The molecule has 0 aromatic heterocycles. The molecule has 3 aromatic carbocycles. The van der Waals surface area contributed by atoms with Gasteiger partial charge >= 0.3 is 0 Å². The molecule has 0 spiro atoms. The topological polar surface area (TPSA) is 41.9 Å². The lowest BCUT2D eigenvalue weighted by Crippen LogP contribution is -2.52. The highest BCUT2D eigenvalue weighted by Crippen LogP contribution is 2.46. The van der Waals surface area contributed by atoms with Crippen LogP contribution in [0.3, 0.4) is 0 Å². The lowest BCUT2D eigenvalue weighted by molar-refractivity contribution is -0.0628. The average molecular weight is 556 g/mol. The average Bonchev–Trinajstić information content (AvgIpc) is 2.89. The third-order valence-electron chi connectivity index (χ3n) is 8.97. The van der Waals surface area contributed by atoms with Crippen LogP contribution in [0.25, 0.3) is 0 Å². The number of ether oxygens (including phenoxy) is 2. The van der Waals surface area contributed by atoms with Gasteiger partial charge in [0.25, 0.3) is 0 Å². The Morgan fingerprint density at radius 3 is 1.76 bits per heavy atom. The molecule has 5 rings (SSSR count). The predicted molar refractivity (Wildman–Crippen MR) is 168 cm³/mol. The first-order valence-corrected chi connectivity index (χ1v) is 15.3. The Morgan fingerprint density at radius 2 is 1.27 bits per heavy atom. The molecule has 1 saturated heterocycles. The van der Waals surface area contributed by atoms with E-state index in [1.807, 2.05) is 6.92 Å². The van der Waals surface area contributed by atoms with Crippen molar-refractivity contribution in [2.75, 3.05) is 6.54 Å². The van der Waals surface area contributed by atoms with Crippen LogP contribution in [0.15, 0.2) is 60.7 Å². The molecule has 1 fully saturated rings. The molecule has 1 N–H and O–H groups in total. The smallest absolute Gasteiger partial charge is 0.162 e. The monoisotopic (exact) mass is 555 g/mol. The summed E-state index contributed by atoms with van der Waals surface area (Å²) in [6.07, 6.45) is 2.52. The molecule has 3 atom stereocenters. The highest BCUT2D eigenvalue weighted by atomic mass is 16.5. The molecule has 41 heavy (non-hydrogen) atoms. The van der Waals surface area contributed by atoms with Gasteiger partial charge in [-0.3, -0.25) is 4.90 Å². The van der Waals surface area contributed by atoms with Crippen LogP contribution >= 0.6 is 0 Å². The van der Waals surface area contributed by atoms with Crippen LogP contribution < -0.4 is 9.47 Å². The molecule has 3 aromatic rings. The lowest BCUT2D eigenvalue weighted by atomic mass is 9.77. The lowest BCUT2D eigenvalue weighted by Gasteiger charge is -2.49. The zero-order chi connectivity index (χ0) is 29.6. The van der Waals surface area contributed by atoms with E-state index >= 15 is 0 Å². The van der Waals surface area contributed by atoms with Gasteiger partial charge in [-0.25, -0.2) is 0 Å². The summed E-state index contributed by atoms with van der Waals surface area (Å²) < 4.78 is 13.0. The number of hydrogen-bond donors (Lipinski definition) is 1. The van der Waals surface area contributed by atoms with Crippen molar-refractivity contribution in [3.8, 4) is 11.5 Å². The maximum atomic E-state index is 11.1. The third kappa shape index (κ3) is 6.81. The molecule has 0 unspecified atom stereocenters. The molecule has 0 saturated carbocycles. The van der Waals surface area contributed by atoms with E-state index in [0.717, 1.165) is 48.4 Å². The zero-order valence-electron chi connectivity index (χ0n) is 26.4. The van der Waals surface area contributed by atoms with E-state index in [1.54, 1.807) is 0 Å². The highest BCUT2D eigenvalue weighted by molar-refractivity contribution is 5.50. The van der Waals surface area contributed by atoms with E-state index in [0.29, 0.717) is 19.3 Å². The normalized spacial score (nSPS) is 23.0. The second-order valence-electron chi connectivity index (χ2n) is 14.7. The Hall–Kier alpha value is -2.82. The van der Waals surface area contributed by atoms with Crippen molar-refractivity contribution in [2.24, 2.45) is 0 Å². The molecular weight excluding hydrogens is 506 g/mol. The first-order chi connectivity index (χ1) is 19.2. The second kappa shape index (κ2) is 11.1. The first kappa shape index (κ1) is 29.7. The zero-order valence-corrected chi connectivity index (χ0v) is 26.4. The number of fused-ring (bicyclic) bond motifs is 3. The summed E-state index contributed by atoms with van der Waals surface area (Å²) in [5, 5.41) is 11.1. The van der Waals surface area contributed by atoms with Crippen LogP contribution in [0.5, 0.6) is 11.5 Å². The van der Waals surface area contributed by atoms with Crippen LogP contribution in [-0.4, -0.2) is 28.2 Å². The maximum absolute atomic E-state index is 11.1. The van der Waals surface area contributed by atoms with Crippen molar-refractivity contribution in [3.63, 3.8) is 0 Å². The number of piperidine rings is 1. The van der Waals surface area contributed by atoms with E-state index in [4.69, 9.17) is 9.47 Å². The van der Waals surface area contributed by atoms with Gasteiger partial charge in [-0.1, -0.05) is 90.1 Å². The standard InChI is InChI=1S/C37H49NO3/c1-25-21-37(8,39)22-32-31-20-34(41-24-27-11-15-30(16-12-27)36(5,6)7)33(19-28(31)17-18-38(25)32)40-23-26-9-13-29(14-10-26)35(2,3)4/h9-16,19-20,25,32,39H,17-18,21-24H2,1-8H3/t25-,32+,37-/m1/s1. The van der Waals surface area contributed by atoms with Crippen LogP contribution in [-0.2, 0) is 30.5 Å². The third-order valence-corrected chi connectivity index (χ3v) is 8.97. The van der Waals surface area contributed by atoms with Crippen molar-refractivity contribution in [1.82, 2.24) is 4.90 Å². The molecule has 220 valence electrons. The minimum absolute atomic E-state index is 0.119. The van der Waals surface area contributed by atoms with Gasteiger partial charge in [0.15, 0.2) is 11.5 Å². The van der Waals surface area contributed by atoms with Crippen molar-refractivity contribution >= 4 is 0 Å². The second-order valence-corrected chi connectivity index (χ2v) is 14.7. The molecule has 4 nitrogen and oxygen atoms in total. The number of hydrogen-bond acceptors (Lipinski definition) is 4. The van der Waals surface area contributed by atoms with Gasteiger partial charge in [-0.15, -0.1) is 0 Å². The van der Waals surface area contributed by atoms with E-state index in [1.165, 1.54) is 22.3 Å². The fraction of sp³-hybridized carbons (Fsp3) is 0.514. The summed E-state index contributed by atoms with van der Waals surface area (Å²) in [6, 6.07) is 22.4. The number of nitrogens with zero attached hydrogens (tertiary/aromatic N) is 1. The summed E-state index contributed by atoms with van der Waals surface area (Å²) in [6.45, 7) is 19.6. The Labute approximate surface area is 247 Å². The maximum Gasteiger partial charge on any atom is 0.162 e. The van der Waals surface area contributed by atoms with Gasteiger partial charge < -0.3 is 14.6 Å². The number of benzene rings is 3. The highest BCUT2D eigenvalue weighted by Gasteiger charge is 2.42. The van der Waals surface area contributed by atoms with Crippen LogP contribution in [0.4, 0.5) is 0 Å². The fourth-order valence-corrected chi connectivity index (χ4v) is 6.49. The Bertz CT molecular complexity index is 1340. The van der Waals surface area contributed by atoms with Gasteiger partial charge in [0.2, 0.25) is 0 Å². The van der Waals surface area contributed by atoms with Gasteiger partial charge in [-0.05, 0) is 89.5 Å². The number of rotatable bonds is 6. The van der Waals surface area contributed by atoms with Crippen molar-refractivity contribution in [1.29, 1.82) is 0 Å². The van der Waals surface area contributed by atoms with Crippen LogP contribution in [0.2, 0.25) is 0 Å². The summed E-state index contributed by atoms with van der Waals surface area (Å²) in [4.78, 5) is 2.56. The summed E-state index contributed by atoms with van der Waals surface area (Å²) in [5.41, 5.74) is 7.05. The molecule has 0 bridgehead atoms. The van der Waals surface area contributed by atoms with Crippen molar-refractivity contribution in [2.45, 2.75) is 116 Å². The fourth-order valence-electron chi connectivity index (χ4n) is 6.49. The Balaban J connectivity index is 1.42. The Kier molecular flexibility index (Phi) is 8.04. The summed E-state index contributed by atoms with van der Waals surface area (Å²) in [5.74, 6) is 1.56. The molecule has 0 aliphatic carbocycles. The largest absolute Gasteiger partial charge is 0.485 e. The summed E-state index contributed by atoms with van der Waals surface area (Å²) in [7, 11) is 0. The van der Waals surface area contributed by atoms with E-state index in [-0.39, 0.29) is 16.9 Å². The molecule has 2 aliphatic heterocycles. The van der Waals surface area contributed by atoms with Crippen molar-refractivity contribution in [3.05, 3.63) is 94.0 Å². The molecule has 0 amide bonds. The molecule has 0 radical (unpaired) electrons. The minimum atomic E-state index is -0.667. The van der Waals surface area contributed by atoms with Crippen molar-refractivity contribution < 1.29 is 14.6 Å². The molecule has 4 heteroatoms. The SMILES string of the molecule is C[C@@H]1C[C@@](C)(O)C[C@H]2c3cc(OCc4ccc(C(C)(C)C)cc4)c(OCc4ccc(C(C)(C)C)cc4)cc3CCN12. The first-order valence-electron chi connectivity index (χ1n) is 15.3. The van der Waals surface area contributed by atoms with Gasteiger partial charge in [0, 0.05) is 18.6 Å². The minimum Gasteiger partial charge on any atom is -0.485 e. The van der Waals surface area contributed by atoms with Crippen LogP contribution in [0, 0.1) is 0 Å². The van der Waals surface area contributed by atoms with E-state index in [2.05, 4.69) is 114 Å². The van der Waals surface area contributed by atoms with Gasteiger partial charge in [-0.2, -0.15) is 0 Å². The molecule has 2 aliphatic rings. The number of aliphatic hydroxyl groups is 1. The van der Waals surface area contributed by atoms with Crippen LogP contribution in [0.1, 0.15) is 108 Å².